The monoisotopic (exact) mass is 244 g/mol. The number of aliphatic hydroxyl groups is 1. The summed E-state index contributed by atoms with van der Waals surface area (Å²) in [4.78, 5) is 16.8. The maximum absolute atomic E-state index is 11.9. The van der Waals surface area contributed by atoms with Gasteiger partial charge in [0.25, 0.3) is 0 Å². The molecule has 1 aromatic carbocycles. The van der Waals surface area contributed by atoms with Crippen LogP contribution in [0, 0.1) is 6.92 Å². The first-order valence-corrected chi connectivity index (χ1v) is 6.16. The maximum atomic E-state index is 11.9. The lowest BCUT2D eigenvalue weighted by molar-refractivity contribution is -0.140. The van der Waals surface area contributed by atoms with Gasteiger partial charge in [-0.3, -0.25) is 4.79 Å². The van der Waals surface area contributed by atoms with Crippen molar-refractivity contribution < 1.29 is 9.90 Å². The molecule has 0 radical (unpaired) electrons. The van der Waals surface area contributed by atoms with Gasteiger partial charge in [-0.1, -0.05) is 12.1 Å². The van der Waals surface area contributed by atoms with Gasteiger partial charge in [0.15, 0.2) is 0 Å². The Balaban J connectivity index is 1.80. The van der Waals surface area contributed by atoms with Gasteiger partial charge in [-0.25, -0.2) is 0 Å². The van der Waals surface area contributed by atoms with E-state index in [9.17, 15) is 9.90 Å². The summed E-state index contributed by atoms with van der Waals surface area (Å²) in [6.45, 7) is 2.99. The van der Waals surface area contributed by atoms with E-state index in [2.05, 4.69) is 23.2 Å². The number of H-pyrrole nitrogens is 1. The first kappa shape index (κ1) is 11.3. The molecule has 0 spiro atoms. The number of nitrogens with one attached hydrogen (secondary N) is 1. The van der Waals surface area contributed by atoms with Crippen molar-refractivity contribution in [2.45, 2.75) is 19.4 Å². The smallest absolute Gasteiger partial charge is 0.227 e. The van der Waals surface area contributed by atoms with Gasteiger partial charge in [-0.2, -0.15) is 0 Å². The minimum atomic E-state index is -0.334. The minimum Gasteiger partial charge on any atom is -0.389 e. The number of benzene rings is 1. The summed E-state index contributed by atoms with van der Waals surface area (Å²) in [7, 11) is 0. The second-order valence-corrected chi connectivity index (χ2v) is 4.99. The summed E-state index contributed by atoms with van der Waals surface area (Å²) >= 11 is 0. The average molecular weight is 244 g/mol. The Labute approximate surface area is 105 Å². The van der Waals surface area contributed by atoms with Crippen molar-refractivity contribution >= 4 is 16.8 Å². The van der Waals surface area contributed by atoms with E-state index in [1.807, 2.05) is 13.1 Å². The van der Waals surface area contributed by atoms with Crippen LogP contribution in [0.3, 0.4) is 0 Å². The number of hydrogen-bond donors (Lipinski definition) is 2. The third-order valence-corrected chi connectivity index (χ3v) is 3.48. The standard InChI is InChI=1S/C14H16N2O2/c1-9-2-3-12-10(6-15-13(12)4-9)5-14(18)16-7-11(17)8-16/h2-4,6,11,15,17H,5,7-8H2,1H3. The Morgan fingerprint density at radius 1 is 1.50 bits per heavy atom. The van der Waals surface area contributed by atoms with Crippen LogP contribution >= 0.6 is 0 Å². The summed E-state index contributed by atoms with van der Waals surface area (Å²) in [5.74, 6) is 0.0850. The van der Waals surface area contributed by atoms with E-state index >= 15 is 0 Å². The third-order valence-electron chi connectivity index (χ3n) is 3.48. The number of hydrogen-bond acceptors (Lipinski definition) is 2. The molecule has 0 bridgehead atoms. The molecule has 4 nitrogen and oxygen atoms in total. The van der Waals surface area contributed by atoms with E-state index in [0.29, 0.717) is 19.5 Å². The molecule has 0 atom stereocenters. The Morgan fingerprint density at radius 2 is 2.28 bits per heavy atom. The van der Waals surface area contributed by atoms with Crippen molar-refractivity contribution in [1.29, 1.82) is 0 Å². The van der Waals surface area contributed by atoms with Gasteiger partial charge in [0.2, 0.25) is 5.91 Å². The van der Waals surface area contributed by atoms with Gasteiger partial charge in [0.1, 0.15) is 0 Å². The van der Waals surface area contributed by atoms with Crippen LogP contribution in [0.15, 0.2) is 24.4 Å². The first-order valence-electron chi connectivity index (χ1n) is 6.16. The second-order valence-electron chi connectivity index (χ2n) is 4.99. The van der Waals surface area contributed by atoms with E-state index < -0.39 is 0 Å². The number of likely N-dealkylation sites (tertiary alicyclic amines) is 1. The number of aromatic nitrogens is 1. The Hall–Kier alpha value is -1.81. The highest BCUT2D eigenvalue weighted by Gasteiger charge is 2.28. The lowest BCUT2D eigenvalue weighted by atomic mass is 10.1. The van der Waals surface area contributed by atoms with Crippen molar-refractivity contribution in [2.75, 3.05) is 13.1 Å². The largest absolute Gasteiger partial charge is 0.389 e. The molecule has 0 unspecified atom stereocenters. The molecule has 1 aliphatic rings. The molecule has 1 aromatic heterocycles. The summed E-state index contributed by atoms with van der Waals surface area (Å²) in [6, 6.07) is 6.18. The summed E-state index contributed by atoms with van der Waals surface area (Å²) in [5, 5.41) is 10.3. The van der Waals surface area contributed by atoms with Crippen LogP contribution in [0.1, 0.15) is 11.1 Å². The van der Waals surface area contributed by atoms with Crippen molar-refractivity contribution in [2.24, 2.45) is 0 Å². The Bertz CT molecular complexity index is 597. The van der Waals surface area contributed by atoms with E-state index in [0.717, 1.165) is 16.5 Å². The molecule has 4 heteroatoms. The second kappa shape index (κ2) is 4.14. The van der Waals surface area contributed by atoms with Crippen LogP contribution in [-0.2, 0) is 11.2 Å². The third kappa shape index (κ3) is 1.88. The zero-order valence-corrected chi connectivity index (χ0v) is 10.3. The fourth-order valence-electron chi connectivity index (χ4n) is 2.38. The number of nitrogens with zero attached hydrogens (tertiary/aromatic N) is 1. The molecule has 1 aliphatic heterocycles. The van der Waals surface area contributed by atoms with Crippen molar-refractivity contribution in [3.05, 3.63) is 35.5 Å². The lowest BCUT2D eigenvalue weighted by Gasteiger charge is -2.35. The van der Waals surface area contributed by atoms with Crippen LogP contribution < -0.4 is 0 Å². The minimum absolute atomic E-state index is 0.0850. The Morgan fingerprint density at radius 3 is 3.00 bits per heavy atom. The number of carbonyl (C=O) groups is 1. The average Bonchev–Trinajstić information content (AvgIpc) is 2.67. The maximum Gasteiger partial charge on any atom is 0.227 e. The van der Waals surface area contributed by atoms with Crippen LogP contribution in [0.25, 0.3) is 10.9 Å². The molecule has 0 aliphatic carbocycles. The SMILES string of the molecule is Cc1ccc2c(CC(=O)N3CC(O)C3)c[nH]c2c1. The van der Waals surface area contributed by atoms with Crippen LogP contribution in [0.5, 0.6) is 0 Å². The highest BCUT2D eigenvalue weighted by Crippen LogP contribution is 2.21. The quantitative estimate of drug-likeness (QED) is 0.834. The van der Waals surface area contributed by atoms with E-state index in [1.54, 1.807) is 4.90 Å². The number of amides is 1. The van der Waals surface area contributed by atoms with Crippen LogP contribution in [-0.4, -0.2) is 40.1 Å². The molecule has 1 saturated heterocycles. The van der Waals surface area contributed by atoms with Crippen LogP contribution in [0.2, 0.25) is 0 Å². The fourth-order valence-corrected chi connectivity index (χ4v) is 2.38. The first-order chi connectivity index (χ1) is 8.63. The molecule has 2 heterocycles. The molecule has 3 rings (SSSR count). The lowest BCUT2D eigenvalue weighted by Crippen LogP contribution is -2.53. The zero-order chi connectivity index (χ0) is 12.7. The topological polar surface area (TPSA) is 56.3 Å². The molecule has 2 N–H and O–H groups in total. The van der Waals surface area contributed by atoms with Gasteiger partial charge in [-0.05, 0) is 24.1 Å². The summed E-state index contributed by atoms with van der Waals surface area (Å²) in [5.41, 5.74) is 3.30. The fraction of sp³-hybridized carbons (Fsp3) is 0.357. The van der Waals surface area contributed by atoms with Gasteiger partial charge in [0.05, 0.1) is 12.5 Å². The zero-order valence-electron chi connectivity index (χ0n) is 10.3. The highest BCUT2D eigenvalue weighted by atomic mass is 16.3. The number of β-amino-alcohol motifs (C(OH)–C–C–N with tert-alkyl or cyclic N) is 1. The van der Waals surface area contributed by atoms with Crippen molar-refractivity contribution in [3.8, 4) is 0 Å². The normalized spacial score (nSPS) is 16.0. The number of carbonyl (C=O) groups excluding carboxylic acids is 1. The number of fused-ring (bicyclic) bond motifs is 1. The number of aliphatic hydroxyl groups excluding tert-OH is 1. The van der Waals surface area contributed by atoms with E-state index in [1.165, 1.54) is 5.56 Å². The molecular formula is C14H16N2O2. The van der Waals surface area contributed by atoms with Gasteiger partial charge < -0.3 is 15.0 Å². The molecule has 1 fully saturated rings. The Kier molecular flexibility index (Phi) is 2.59. The highest BCUT2D eigenvalue weighted by molar-refractivity contribution is 5.89. The molecule has 1 amide bonds. The van der Waals surface area contributed by atoms with Crippen molar-refractivity contribution in [3.63, 3.8) is 0 Å². The van der Waals surface area contributed by atoms with Crippen molar-refractivity contribution in [1.82, 2.24) is 9.88 Å². The summed E-state index contributed by atoms with van der Waals surface area (Å²) in [6.07, 6.45) is 1.97. The summed E-state index contributed by atoms with van der Waals surface area (Å²) < 4.78 is 0. The number of aryl methyl sites for hydroxylation is 1. The molecule has 0 saturated carbocycles. The van der Waals surface area contributed by atoms with Gasteiger partial charge in [0, 0.05) is 30.2 Å². The number of aromatic amines is 1. The predicted molar refractivity (Wildman–Crippen MR) is 69.3 cm³/mol. The molecular weight excluding hydrogens is 228 g/mol. The van der Waals surface area contributed by atoms with E-state index in [-0.39, 0.29) is 12.0 Å². The number of rotatable bonds is 2. The predicted octanol–water partition coefficient (Wildman–Crippen LogP) is 1.22. The van der Waals surface area contributed by atoms with Crippen LogP contribution in [0.4, 0.5) is 0 Å². The molecule has 94 valence electrons. The molecule has 2 aromatic rings. The molecule has 18 heavy (non-hydrogen) atoms. The van der Waals surface area contributed by atoms with Gasteiger partial charge >= 0.3 is 0 Å². The van der Waals surface area contributed by atoms with Gasteiger partial charge in [-0.15, -0.1) is 0 Å². The van der Waals surface area contributed by atoms with E-state index in [4.69, 9.17) is 0 Å².